The number of ether oxygens (including phenoxy) is 2. The van der Waals surface area contributed by atoms with Crippen molar-refractivity contribution in [3.63, 3.8) is 0 Å². The fourth-order valence-electron chi connectivity index (χ4n) is 3.16. The highest BCUT2D eigenvalue weighted by molar-refractivity contribution is 9.10. The number of methoxy groups -OCH3 is 2. The SMILES string of the molecule is COc1ccc(OC)c(-c2nn(-c3ccc(Br)cc3)c3c2CCN3)c1. The van der Waals surface area contributed by atoms with Crippen molar-refractivity contribution in [2.45, 2.75) is 6.42 Å². The van der Waals surface area contributed by atoms with Crippen LogP contribution in [0, 0.1) is 0 Å². The number of halogens is 1. The smallest absolute Gasteiger partial charge is 0.133 e. The highest BCUT2D eigenvalue weighted by Gasteiger charge is 2.25. The van der Waals surface area contributed by atoms with E-state index in [0.29, 0.717) is 0 Å². The number of hydrogen-bond acceptors (Lipinski definition) is 4. The van der Waals surface area contributed by atoms with Crippen LogP contribution in [0.15, 0.2) is 46.9 Å². The minimum Gasteiger partial charge on any atom is -0.497 e. The van der Waals surface area contributed by atoms with Gasteiger partial charge < -0.3 is 14.8 Å². The van der Waals surface area contributed by atoms with Crippen molar-refractivity contribution in [2.24, 2.45) is 0 Å². The molecule has 0 aliphatic carbocycles. The second kappa shape index (κ2) is 6.44. The van der Waals surface area contributed by atoms with Crippen molar-refractivity contribution in [1.82, 2.24) is 9.78 Å². The quantitative estimate of drug-likeness (QED) is 0.710. The minimum atomic E-state index is 0.786. The summed E-state index contributed by atoms with van der Waals surface area (Å²) < 4.78 is 14.0. The number of nitrogens with one attached hydrogen (secondary N) is 1. The molecule has 0 radical (unpaired) electrons. The maximum Gasteiger partial charge on any atom is 0.133 e. The summed E-state index contributed by atoms with van der Waals surface area (Å²) in [6.07, 6.45) is 0.932. The van der Waals surface area contributed by atoms with Crippen LogP contribution in [-0.2, 0) is 6.42 Å². The first-order valence-corrected chi connectivity index (χ1v) is 8.84. The average Bonchev–Trinajstić information content (AvgIpc) is 3.24. The van der Waals surface area contributed by atoms with Crippen LogP contribution < -0.4 is 14.8 Å². The summed E-state index contributed by atoms with van der Waals surface area (Å²) in [7, 11) is 3.34. The standard InChI is InChI=1S/C19H18BrN3O2/c1-24-14-7-8-17(25-2)16(11-14)18-15-9-10-21-19(15)23(22-18)13-5-3-12(20)4-6-13/h3-8,11,21H,9-10H2,1-2H3. The molecular formula is C19H18BrN3O2. The predicted octanol–water partition coefficient (Wildman–Crippen LogP) is 4.29. The van der Waals surface area contributed by atoms with Crippen molar-refractivity contribution < 1.29 is 9.47 Å². The molecule has 0 fully saturated rings. The Kier molecular flexibility index (Phi) is 4.13. The summed E-state index contributed by atoms with van der Waals surface area (Å²) in [5.41, 5.74) is 4.09. The summed E-state index contributed by atoms with van der Waals surface area (Å²) in [6.45, 7) is 0.906. The molecule has 0 saturated carbocycles. The van der Waals surface area contributed by atoms with Gasteiger partial charge in [0.25, 0.3) is 0 Å². The largest absolute Gasteiger partial charge is 0.497 e. The molecule has 1 aromatic heterocycles. The Balaban J connectivity index is 1.90. The van der Waals surface area contributed by atoms with Crippen LogP contribution in [0.1, 0.15) is 5.56 Å². The van der Waals surface area contributed by atoms with Crippen molar-refractivity contribution >= 4 is 21.7 Å². The van der Waals surface area contributed by atoms with E-state index in [-0.39, 0.29) is 0 Å². The van der Waals surface area contributed by atoms with Gasteiger partial charge in [0.15, 0.2) is 0 Å². The van der Waals surface area contributed by atoms with Crippen molar-refractivity contribution in [3.05, 3.63) is 52.5 Å². The van der Waals surface area contributed by atoms with Crippen LogP contribution in [0.25, 0.3) is 16.9 Å². The van der Waals surface area contributed by atoms with Gasteiger partial charge >= 0.3 is 0 Å². The first-order valence-electron chi connectivity index (χ1n) is 8.05. The number of fused-ring (bicyclic) bond motifs is 1. The van der Waals surface area contributed by atoms with Gasteiger partial charge in [-0.05, 0) is 48.9 Å². The Bertz CT molecular complexity index is 919. The lowest BCUT2D eigenvalue weighted by Gasteiger charge is -2.10. The Morgan fingerprint density at radius 2 is 1.88 bits per heavy atom. The van der Waals surface area contributed by atoms with Gasteiger partial charge in [0.1, 0.15) is 23.0 Å². The van der Waals surface area contributed by atoms with E-state index < -0.39 is 0 Å². The molecule has 25 heavy (non-hydrogen) atoms. The first-order chi connectivity index (χ1) is 12.2. The van der Waals surface area contributed by atoms with E-state index >= 15 is 0 Å². The maximum absolute atomic E-state index is 5.56. The molecule has 0 spiro atoms. The average molecular weight is 400 g/mol. The van der Waals surface area contributed by atoms with Crippen LogP contribution in [0.5, 0.6) is 11.5 Å². The van der Waals surface area contributed by atoms with Gasteiger partial charge in [-0.15, -0.1) is 0 Å². The lowest BCUT2D eigenvalue weighted by Crippen LogP contribution is -2.04. The number of anilines is 1. The molecule has 4 rings (SSSR count). The van der Waals surface area contributed by atoms with E-state index in [2.05, 4.69) is 21.2 Å². The second-order valence-corrected chi connectivity index (χ2v) is 6.72. The minimum absolute atomic E-state index is 0.786. The molecule has 0 unspecified atom stereocenters. The number of nitrogens with zero attached hydrogens (tertiary/aromatic N) is 2. The zero-order valence-corrected chi connectivity index (χ0v) is 15.6. The Morgan fingerprint density at radius 3 is 2.60 bits per heavy atom. The van der Waals surface area contributed by atoms with Gasteiger partial charge in [0.2, 0.25) is 0 Å². The number of benzene rings is 2. The second-order valence-electron chi connectivity index (χ2n) is 5.81. The van der Waals surface area contributed by atoms with Gasteiger partial charge in [-0.2, -0.15) is 5.10 Å². The maximum atomic E-state index is 5.56. The topological polar surface area (TPSA) is 48.3 Å². The molecule has 3 aromatic rings. The van der Waals surface area contributed by atoms with Crippen LogP contribution in [0.3, 0.4) is 0 Å². The van der Waals surface area contributed by atoms with Crippen molar-refractivity contribution in [1.29, 1.82) is 0 Å². The van der Waals surface area contributed by atoms with E-state index in [1.165, 1.54) is 5.56 Å². The van der Waals surface area contributed by atoms with Crippen LogP contribution >= 0.6 is 15.9 Å². The zero-order valence-electron chi connectivity index (χ0n) is 14.0. The fourth-order valence-corrected chi connectivity index (χ4v) is 3.42. The van der Waals surface area contributed by atoms with Gasteiger partial charge in [-0.25, -0.2) is 4.68 Å². The number of aromatic nitrogens is 2. The Morgan fingerprint density at radius 1 is 1.08 bits per heavy atom. The Labute approximate surface area is 154 Å². The van der Waals surface area contributed by atoms with Crippen LogP contribution in [0.4, 0.5) is 5.82 Å². The summed E-state index contributed by atoms with van der Waals surface area (Å²) in [5.74, 6) is 2.62. The molecule has 5 nitrogen and oxygen atoms in total. The van der Waals surface area contributed by atoms with Gasteiger partial charge in [-0.1, -0.05) is 15.9 Å². The molecular weight excluding hydrogens is 382 g/mol. The van der Waals surface area contributed by atoms with E-state index in [9.17, 15) is 0 Å². The van der Waals surface area contributed by atoms with Gasteiger partial charge in [0, 0.05) is 22.1 Å². The van der Waals surface area contributed by atoms with Crippen molar-refractivity contribution in [2.75, 3.05) is 26.1 Å². The first kappa shape index (κ1) is 16.0. The lowest BCUT2D eigenvalue weighted by atomic mass is 10.1. The van der Waals surface area contributed by atoms with Crippen LogP contribution in [-0.4, -0.2) is 30.5 Å². The summed E-state index contributed by atoms with van der Waals surface area (Å²) in [5, 5.41) is 8.34. The molecule has 0 amide bonds. The zero-order chi connectivity index (χ0) is 17.4. The summed E-state index contributed by atoms with van der Waals surface area (Å²) in [4.78, 5) is 0. The summed E-state index contributed by atoms with van der Waals surface area (Å²) in [6, 6.07) is 13.9. The molecule has 2 heterocycles. The number of hydrogen-bond donors (Lipinski definition) is 1. The van der Waals surface area contributed by atoms with E-state index in [4.69, 9.17) is 14.6 Å². The molecule has 2 aromatic carbocycles. The fraction of sp³-hybridized carbons (Fsp3) is 0.211. The molecule has 1 aliphatic heterocycles. The van der Waals surface area contributed by atoms with Gasteiger partial charge in [-0.3, -0.25) is 0 Å². The molecule has 0 saturated heterocycles. The molecule has 1 N–H and O–H groups in total. The molecule has 0 atom stereocenters. The molecule has 128 valence electrons. The molecule has 1 aliphatic rings. The number of rotatable bonds is 4. The van der Waals surface area contributed by atoms with E-state index in [1.807, 2.05) is 47.1 Å². The predicted molar refractivity (Wildman–Crippen MR) is 102 cm³/mol. The van der Waals surface area contributed by atoms with E-state index in [0.717, 1.165) is 51.7 Å². The normalized spacial score (nSPS) is 12.6. The Hall–Kier alpha value is -2.47. The third kappa shape index (κ3) is 2.76. The molecule has 0 bridgehead atoms. The third-order valence-corrected chi connectivity index (χ3v) is 4.91. The highest BCUT2D eigenvalue weighted by Crippen LogP contribution is 2.40. The van der Waals surface area contributed by atoms with E-state index in [1.54, 1.807) is 14.2 Å². The molecule has 6 heteroatoms. The lowest BCUT2D eigenvalue weighted by molar-refractivity contribution is 0.404. The highest BCUT2D eigenvalue weighted by atomic mass is 79.9. The van der Waals surface area contributed by atoms with Gasteiger partial charge in [0.05, 0.1) is 19.9 Å². The van der Waals surface area contributed by atoms with Crippen LogP contribution in [0.2, 0.25) is 0 Å². The summed E-state index contributed by atoms with van der Waals surface area (Å²) >= 11 is 3.48. The monoisotopic (exact) mass is 399 g/mol. The van der Waals surface area contributed by atoms with Crippen molar-refractivity contribution in [3.8, 4) is 28.4 Å². The third-order valence-electron chi connectivity index (χ3n) is 4.38.